The molecule has 3 fully saturated rings. The van der Waals surface area contributed by atoms with E-state index in [0.717, 1.165) is 42.6 Å². The maximum absolute atomic E-state index is 13.3. The Morgan fingerprint density at radius 3 is 1.97 bits per heavy atom. The monoisotopic (exact) mass is 450 g/mol. The zero-order valence-electron chi connectivity index (χ0n) is 19.2. The van der Waals surface area contributed by atoms with Crippen LogP contribution in [0.25, 0.3) is 0 Å². The third-order valence-corrected chi connectivity index (χ3v) is 9.43. The Kier molecular flexibility index (Phi) is 7.08. The largest absolute Gasteiger partial charge is 0.345 e. The van der Waals surface area contributed by atoms with Gasteiger partial charge in [-0.05, 0) is 45.6 Å². The number of hydrogen-bond donors (Lipinski definition) is 0. The van der Waals surface area contributed by atoms with Crippen LogP contribution in [0.2, 0.25) is 0 Å². The lowest BCUT2D eigenvalue weighted by atomic mass is 9.95. The molecular formula is C23H38N4O3S. The molecule has 2 aliphatic heterocycles. The van der Waals surface area contributed by atoms with E-state index in [1.54, 1.807) is 8.61 Å². The molecule has 0 atom stereocenters. The van der Waals surface area contributed by atoms with E-state index in [1.807, 2.05) is 11.0 Å². The predicted molar refractivity (Wildman–Crippen MR) is 122 cm³/mol. The van der Waals surface area contributed by atoms with E-state index in [1.165, 1.54) is 32.1 Å². The summed E-state index contributed by atoms with van der Waals surface area (Å²) in [4.78, 5) is 15.1. The van der Waals surface area contributed by atoms with Gasteiger partial charge < -0.3 is 9.47 Å². The van der Waals surface area contributed by atoms with E-state index in [-0.39, 0.29) is 5.91 Å². The summed E-state index contributed by atoms with van der Waals surface area (Å²) in [6.45, 7) is 7.08. The SMILES string of the molecule is Cc1cc(C(=O)N2CCN(S(=O)(=O)N3CCCCCC3)CC2)c(C)n1C1CCCCC1. The topological polar surface area (TPSA) is 65.9 Å². The average molecular weight is 451 g/mol. The van der Waals surface area contributed by atoms with Crippen LogP contribution in [0.5, 0.6) is 0 Å². The molecule has 1 aliphatic carbocycles. The first-order chi connectivity index (χ1) is 14.9. The Labute approximate surface area is 187 Å². The number of carbonyl (C=O) groups is 1. The van der Waals surface area contributed by atoms with Gasteiger partial charge in [0, 0.05) is 56.7 Å². The maximum atomic E-state index is 13.3. The summed E-state index contributed by atoms with van der Waals surface area (Å²) in [6.07, 6.45) is 10.3. The molecule has 31 heavy (non-hydrogen) atoms. The highest BCUT2D eigenvalue weighted by molar-refractivity contribution is 7.86. The minimum absolute atomic E-state index is 0.0435. The molecule has 3 aliphatic rings. The summed E-state index contributed by atoms with van der Waals surface area (Å²) in [5, 5.41) is 0. The fourth-order valence-electron chi connectivity index (χ4n) is 5.62. The summed E-state index contributed by atoms with van der Waals surface area (Å²) in [7, 11) is -3.42. The molecule has 174 valence electrons. The molecule has 1 amide bonds. The third kappa shape index (κ3) is 4.71. The molecule has 7 nitrogen and oxygen atoms in total. The number of carbonyl (C=O) groups excluding carboxylic acids is 1. The Hall–Kier alpha value is -1.38. The summed E-state index contributed by atoms with van der Waals surface area (Å²) in [5.41, 5.74) is 3.01. The van der Waals surface area contributed by atoms with E-state index < -0.39 is 10.2 Å². The molecule has 1 saturated carbocycles. The lowest BCUT2D eigenvalue weighted by Gasteiger charge is -2.36. The van der Waals surface area contributed by atoms with Crippen molar-refractivity contribution in [2.24, 2.45) is 0 Å². The number of nitrogens with zero attached hydrogens (tertiary/aromatic N) is 4. The van der Waals surface area contributed by atoms with Gasteiger partial charge in [0.2, 0.25) is 0 Å². The quantitative estimate of drug-likeness (QED) is 0.705. The van der Waals surface area contributed by atoms with Crippen molar-refractivity contribution in [3.63, 3.8) is 0 Å². The fraction of sp³-hybridized carbons (Fsp3) is 0.783. The second-order valence-electron chi connectivity index (χ2n) is 9.46. The molecular weight excluding hydrogens is 412 g/mol. The highest BCUT2D eigenvalue weighted by atomic mass is 32.2. The highest BCUT2D eigenvalue weighted by Gasteiger charge is 2.34. The van der Waals surface area contributed by atoms with Crippen LogP contribution in [0.3, 0.4) is 0 Å². The van der Waals surface area contributed by atoms with E-state index in [9.17, 15) is 13.2 Å². The predicted octanol–water partition coefficient (Wildman–Crippen LogP) is 3.49. The Morgan fingerprint density at radius 2 is 1.35 bits per heavy atom. The molecule has 1 aromatic heterocycles. The first-order valence-corrected chi connectivity index (χ1v) is 13.5. The summed E-state index contributed by atoms with van der Waals surface area (Å²) in [5.74, 6) is 0.0435. The fourth-order valence-corrected chi connectivity index (χ4v) is 7.29. The summed E-state index contributed by atoms with van der Waals surface area (Å²) in [6, 6.07) is 2.54. The maximum Gasteiger partial charge on any atom is 0.282 e. The Balaban J connectivity index is 1.41. The zero-order chi connectivity index (χ0) is 22.0. The second-order valence-corrected chi connectivity index (χ2v) is 11.4. The van der Waals surface area contributed by atoms with Crippen molar-refractivity contribution in [3.05, 3.63) is 23.0 Å². The van der Waals surface area contributed by atoms with Crippen molar-refractivity contribution >= 4 is 16.1 Å². The number of rotatable bonds is 4. The van der Waals surface area contributed by atoms with Gasteiger partial charge in [-0.15, -0.1) is 0 Å². The van der Waals surface area contributed by atoms with Gasteiger partial charge in [-0.3, -0.25) is 4.79 Å². The number of piperazine rings is 1. The molecule has 0 radical (unpaired) electrons. The minimum atomic E-state index is -3.42. The molecule has 0 bridgehead atoms. The lowest BCUT2D eigenvalue weighted by Crippen LogP contribution is -2.54. The van der Waals surface area contributed by atoms with Crippen LogP contribution in [0, 0.1) is 13.8 Å². The molecule has 0 N–H and O–H groups in total. The second kappa shape index (κ2) is 9.63. The van der Waals surface area contributed by atoms with E-state index in [4.69, 9.17) is 0 Å². The third-order valence-electron chi connectivity index (χ3n) is 7.40. The Bertz CT molecular complexity index is 873. The van der Waals surface area contributed by atoms with Crippen LogP contribution < -0.4 is 0 Å². The minimum Gasteiger partial charge on any atom is -0.345 e. The molecule has 0 unspecified atom stereocenters. The first-order valence-electron chi connectivity index (χ1n) is 12.1. The van der Waals surface area contributed by atoms with E-state index >= 15 is 0 Å². The molecule has 8 heteroatoms. The van der Waals surface area contributed by atoms with E-state index in [0.29, 0.717) is 45.3 Å². The van der Waals surface area contributed by atoms with Crippen LogP contribution in [0.1, 0.15) is 85.6 Å². The normalized spacial score (nSPS) is 23.1. The molecule has 1 aromatic rings. The van der Waals surface area contributed by atoms with Gasteiger partial charge in [-0.2, -0.15) is 17.0 Å². The number of amides is 1. The number of aryl methyl sites for hydroxylation is 1. The average Bonchev–Trinajstić information content (AvgIpc) is 2.95. The molecule has 4 rings (SSSR count). The molecule has 0 aromatic carbocycles. The van der Waals surface area contributed by atoms with Gasteiger partial charge in [0.05, 0.1) is 5.56 Å². The van der Waals surface area contributed by atoms with Crippen LogP contribution in [-0.2, 0) is 10.2 Å². The molecule has 2 saturated heterocycles. The molecule has 3 heterocycles. The number of hydrogen-bond acceptors (Lipinski definition) is 3. The van der Waals surface area contributed by atoms with Crippen molar-refractivity contribution in [1.82, 2.24) is 18.1 Å². The first kappa shape index (κ1) is 22.8. The van der Waals surface area contributed by atoms with Gasteiger partial charge in [-0.25, -0.2) is 0 Å². The lowest BCUT2D eigenvalue weighted by molar-refractivity contribution is 0.0693. The van der Waals surface area contributed by atoms with E-state index in [2.05, 4.69) is 18.4 Å². The van der Waals surface area contributed by atoms with Gasteiger partial charge in [0.25, 0.3) is 16.1 Å². The van der Waals surface area contributed by atoms with Crippen molar-refractivity contribution < 1.29 is 13.2 Å². The van der Waals surface area contributed by atoms with Crippen molar-refractivity contribution in [1.29, 1.82) is 0 Å². The Morgan fingerprint density at radius 1 is 0.806 bits per heavy atom. The highest BCUT2D eigenvalue weighted by Crippen LogP contribution is 2.32. The van der Waals surface area contributed by atoms with Crippen molar-refractivity contribution in [2.45, 2.75) is 77.7 Å². The van der Waals surface area contributed by atoms with Crippen LogP contribution in [-0.4, -0.2) is 71.7 Å². The number of aromatic nitrogens is 1. The summed E-state index contributed by atoms with van der Waals surface area (Å²) >= 11 is 0. The zero-order valence-corrected chi connectivity index (χ0v) is 20.0. The van der Waals surface area contributed by atoms with Gasteiger partial charge in [-0.1, -0.05) is 32.1 Å². The van der Waals surface area contributed by atoms with Crippen LogP contribution >= 0.6 is 0 Å². The van der Waals surface area contributed by atoms with Crippen molar-refractivity contribution in [3.8, 4) is 0 Å². The van der Waals surface area contributed by atoms with Gasteiger partial charge in [0.15, 0.2) is 0 Å². The van der Waals surface area contributed by atoms with Crippen molar-refractivity contribution in [2.75, 3.05) is 39.3 Å². The van der Waals surface area contributed by atoms with Crippen LogP contribution in [0.4, 0.5) is 0 Å². The van der Waals surface area contributed by atoms with Crippen LogP contribution in [0.15, 0.2) is 6.07 Å². The standard InChI is InChI=1S/C23H38N4O3S/c1-19-18-22(20(2)27(19)21-10-6-5-7-11-21)23(28)24-14-16-26(17-15-24)31(29,30)25-12-8-3-4-9-13-25/h18,21H,3-17H2,1-2H3. The summed E-state index contributed by atoms with van der Waals surface area (Å²) < 4.78 is 31.7. The smallest absolute Gasteiger partial charge is 0.282 e. The molecule has 0 spiro atoms. The van der Waals surface area contributed by atoms with Gasteiger partial charge >= 0.3 is 0 Å². The van der Waals surface area contributed by atoms with Gasteiger partial charge in [0.1, 0.15) is 0 Å².